The van der Waals surface area contributed by atoms with Crippen LogP contribution in [0.1, 0.15) is 80.1 Å². The molecule has 0 atom stereocenters. The Kier molecular flexibility index (Phi) is 59.8. The molecule has 0 aromatic heterocycles. The first-order valence-corrected chi connectivity index (χ1v) is 10.1. The van der Waals surface area contributed by atoms with Crippen LogP contribution in [-0.2, 0) is 24.0 Å². The molecule has 10 heteroatoms. The summed E-state index contributed by atoms with van der Waals surface area (Å²) in [5.41, 5.74) is 13.8. The Morgan fingerprint density at radius 2 is 0.793 bits per heavy atom. The van der Waals surface area contributed by atoms with Crippen LogP contribution in [0.3, 0.4) is 0 Å². The summed E-state index contributed by atoms with van der Waals surface area (Å²) in [6, 6.07) is 0. The number of nitrogens with two attached hydrogens (primary N) is 3. The van der Waals surface area contributed by atoms with Crippen molar-refractivity contribution in [3.05, 3.63) is 0 Å². The number of carbonyl (C=O) groups is 5. The molecule has 0 unspecified atom stereocenters. The number of hydrogen-bond acceptors (Lipinski definition) is 8. The fourth-order valence-electron chi connectivity index (χ4n) is 0.470. The van der Waals surface area contributed by atoms with E-state index in [1.165, 1.54) is 7.05 Å². The van der Waals surface area contributed by atoms with Crippen molar-refractivity contribution in [1.82, 2.24) is 0 Å². The lowest BCUT2D eigenvalue weighted by molar-refractivity contribution is -0.126. The summed E-state index contributed by atoms with van der Waals surface area (Å²) in [5, 5.41) is -0.546. The Morgan fingerprint density at radius 3 is 0.862 bits per heavy atom. The van der Waals surface area contributed by atoms with E-state index in [1.807, 2.05) is 6.92 Å². The topological polar surface area (TPSA) is 163 Å². The van der Waals surface area contributed by atoms with Crippen LogP contribution in [0.2, 0.25) is 0 Å². The van der Waals surface area contributed by atoms with Crippen LogP contribution in [0.5, 0.6) is 0 Å². The van der Waals surface area contributed by atoms with E-state index in [2.05, 4.69) is 17.2 Å². The summed E-state index contributed by atoms with van der Waals surface area (Å²) in [4.78, 5) is 50.1. The molecule has 0 amide bonds. The SMILES string of the molecule is CCC(=O)CC(=O)CC.CCC(=O)Cl.CCC(=O)Cl.CCC(C)=O.CN.NCN. The molecule has 29 heavy (non-hydrogen) atoms. The highest BCUT2D eigenvalue weighted by Gasteiger charge is 2.03. The van der Waals surface area contributed by atoms with E-state index in [0.717, 1.165) is 0 Å². The van der Waals surface area contributed by atoms with E-state index in [4.69, 9.17) is 23.2 Å². The number of Topliss-reactive ketones (excluding diaryl/α,β-unsaturated/α-hetero) is 3. The maximum absolute atomic E-state index is 10.6. The number of ketones is 3. The minimum absolute atomic E-state index is 0.0434. The van der Waals surface area contributed by atoms with Gasteiger partial charge in [-0.15, -0.1) is 0 Å². The minimum Gasteiger partial charge on any atom is -0.333 e. The lowest BCUT2D eigenvalue weighted by atomic mass is 10.1. The molecule has 0 spiro atoms. The summed E-state index contributed by atoms with van der Waals surface area (Å²) in [5.74, 6) is 0.341. The summed E-state index contributed by atoms with van der Waals surface area (Å²) < 4.78 is 0. The van der Waals surface area contributed by atoms with Gasteiger partial charge in [0.05, 0.1) is 6.42 Å². The Bertz CT molecular complexity index is 360. The van der Waals surface area contributed by atoms with Gasteiger partial charge < -0.3 is 22.0 Å². The largest absolute Gasteiger partial charge is 0.333 e. The lowest BCUT2D eigenvalue weighted by Crippen LogP contribution is -2.08. The van der Waals surface area contributed by atoms with Gasteiger partial charge in [0.25, 0.3) is 0 Å². The van der Waals surface area contributed by atoms with Gasteiger partial charge in [-0.3, -0.25) is 19.2 Å². The lowest BCUT2D eigenvalue weighted by Gasteiger charge is -1.91. The molecule has 0 aromatic carbocycles. The highest BCUT2D eigenvalue weighted by atomic mass is 35.5. The fourth-order valence-corrected chi connectivity index (χ4v) is 0.470. The van der Waals surface area contributed by atoms with E-state index in [1.54, 1.807) is 34.6 Å². The Hall–Kier alpha value is -1.19. The monoisotopic (exact) mass is 461 g/mol. The number of carbonyl (C=O) groups excluding carboxylic acids is 5. The molecule has 6 N–H and O–H groups in total. The molecule has 0 saturated carbocycles. The third kappa shape index (κ3) is 101. The van der Waals surface area contributed by atoms with Crippen molar-refractivity contribution in [2.24, 2.45) is 17.2 Å². The third-order valence-corrected chi connectivity index (χ3v) is 2.77. The maximum atomic E-state index is 10.6. The van der Waals surface area contributed by atoms with Crippen molar-refractivity contribution in [1.29, 1.82) is 0 Å². The standard InChI is InChI=1S/C7H12O2.C4H8O.2C3H5ClO.CH6N2.CH5N/c1-3-6(8)5-7(9)4-2;1-3-4(2)5;2*1-2-3(4)5;2-1-3;1-2/h3-5H2,1-2H3;3H2,1-2H3;2*2H2,1H3;1-3H2;2H2,1H3. The van der Waals surface area contributed by atoms with Crippen molar-refractivity contribution >= 4 is 51.0 Å². The minimum atomic E-state index is -0.273. The number of hydrogen-bond donors (Lipinski definition) is 3. The van der Waals surface area contributed by atoms with Gasteiger partial charge in [0, 0.05) is 38.8 Å². The molecule has 0 fully saturated rings. The van der Waals surface area contributed by atoms with Gasteiger partial charge in [-0.1, -0.05) is 34.6 Å². The third-order valence-electron chi connectivity index (χ3n) is 2.24. The van der Waals surface area contributed by atoms with Crippen LogP contribution in [0.4, 0.5) is 0 Å². The van der Waals surface area contributed by atoms with E-state index in [-0.39, 0.29) is 40.9 Å². The average molecular weight is 462 g/mol. The predicted molar refractivity (Wildman–Crippen MR) is 122 cm³/mol. The molecule has 0 aliphatic heterocycles. The van der Waals surface area contributed by atoms with Crippen LogP contribution in [0, 0.1) is 0 Å². The van der Waals surface area contributed by atoms with Crippen LogP contribution in [-0.4, -0.2) is 41.6 Å². The molecule has 0 rings (SSSR count). The summed E-state index contributed by atoms with van der Waals surface area (Å²) in [6.45, 7) is 10.7. The van der Waals surface area contributed by atoms with E-state index in [0.29, 0.717) is 32.1 Å². The van der Waals surface area contributed by atoms with E-state index in [9.17, 15) is 24.0 Å². The molecule has 0 aliphatic carbocycles. The summed E-state index contributed by atoms with van der Waals surface area (Å²) in [6.07, 6.45) is 2.62. The smallest absolute Gasteiger partial charge is 0.221 e. The maximum Gasteiger partial charge on any atom is 0.221 e. The first-order chi connectivity index (χ1) is 13.4. The molecule has 0 saturated heterocycles. The number of halogens is 2. The zero-order chi connectivity index (χ0) is 24.8. The quantitative estimate of drug-likeness (QED) is 0.295. The summed E-state index contributed by atoms with van der Waals surface area (Å²) >= 11 is 9.65. The van der Waals surface area contributed by atoms with Gasteiger partial charge in [-0.2, -0.15) is 0 Å². The van der Waals surface area contributed by atoms with Crippen molar-refractivity contribution in [3.8, 4) is 0 Å². The van der Waals surface area contributed by atoms with Crippen LogP contribution >= 0.6 is 23.2 Å². The van der Waals surface area contributed by atoms with Crippen LogP contribution in [0.25, 0.3) is 0 Å². The first kappa shape index (κ1) is 42.0. The fraction of sp³-hybridized carbons (Fsp3) is 0.737. The zero-order valence-corrected chi connectivity index (χ0v) is 20.5. The zero-order valence-electron chi connectivity index (χ0n) is 19.0. The van der Waals surface area contributed by atoms with Gasteiger partial charge in [0.1, 0.15) is 17.3 Å². The van der Waals surface area contributed by atoms with Crippen LogP contribution < -0.4 is 17.2 Å². The second-order valence-electron chi connectivity index (χ2n) is 4.67. The molecule has 8 nitrogen and oxygen atoms in total. The second-order valence-corrected chi connectivity index (χ2v) is 5.51. The van der Waals surface area contributed by atoms with Gasteiger partial charge in [0.2, 0.25) is 10.5 Å². The van der Waals surface area contributed by atoms with E-state index >= 15 is 0 Å². The highest BCUT2D eigenvalue weighted by Crippen LogP contribution is 1.92. The van der Waals surface area contributed by atoms with Crippen molar-refractivity contribution in [2.75, 3.05) is 13.7 Å². The highest BCUT2D eigenvalue weighted by molar-refractivity contribution is 6.63. The predicted octanol–water partition coefficient (Wildman–Crippen LogP) is 3.08. The van der Waals surface area contributed by atoms with Crippen LogP contribution in [0.15, 0.2) is 0 Å². The molecule has 0 aliphatic rings. The van der Waals surface area contributed by atoms with Gasteiger partial charge in [0.15, 0.2) is 0 Å². The molecule has 176 valence electrons. The molecule has 0 aromatic rings. The normalized spacial score (nSPS) is 7.59. The molecular weight excluding hydrogens is 421 g/mol. The Morgan fingerprint density at radius 1 is 0.621 bits per heavy atom. The Balaban J connectivity index is -0.0000000583. The molecular formula is C19H41Cl2N3O5. The molecule has 0 heterocycles. The molecule has 0 bridgehead atoms. The molecule has 0 radical (unpaired) electrons. The van der Waals surface area contributed by atoms with Gasteiger partial charge in [-0.05, 0) is 37.2 Å². The first-order valence-electron chi connectivity index (χ1n) is 9.30. The van der Waals surface area contributed by atoms with Crippen molar-refractivity contribution in [3.63, 3.8) is 0 Å². The van der Waals surface area contributed by atoms with Gasteiger partial charge >= 0.3 is 0 Å². The van der Waals surface area contributed by atoms with Gasteiger partial charge in [-0.25, -0.2) is 0 Å². The van der Waals surface area contributed by atoms with E-state index < -0.39 is 0 Å². The Labute approximate surface area is 186 Å². The number of rotatable bonds is 7. The van der Waals surface area contributed by atoms with Crippen molar-refractivity contribution < 1.29 is 24.0 Å². The average Bonchev–Trinajstić information content (AvgIpc) is 2.70. The second kappa shape index (κ2) is 41.2. The van der Waals surface area contributed by atoms with Crippen molar-refractivity contribution in [2.45, 2.75) is 80.1 Å². The summed E-state index contributed by atoms with van der Waals surface area (Å²) in [7, 11) is 1.50.